The van der Waals surface area contributed by atoms with Gasteiger partial charge in [0.25, 0.3) is 0 Å². The largest absolute Gasteiger partial charge is 0.487 e. The van der Waals surface area contributed by atoms with E-state index < -0.39 is 16.1 Å². The van der Waals surface area contributed by atoms with Crippen molar-refractivity contribution in [2.45, 2.75) is 56.7 Å². The molecule has 6 nitrogen and oxygen atoms in total. The Morgan fingerprint density at radius 3 is 2.71 bits per heavy atom. The van der Waals surface area contributed by atoms with Crippen LogP contribution in [0.1, 0.15) is 44.2 Å². The molecule has 2 aromatic rings. The summed E-state index contributed by atoms with van der Waals surface area (Å²) in [5, 5.41) is 9.82. The van der Waals surface area contributed by atoms with Crippen molar-refractivity contribution in [3.05, 3.63) is 65.5 Å². The molecule has 0 saturated heterocycles. The number of aliphatic hydroxyl groups excluding tert-OH is 1. The van der Waals surface area contributed by atoms with Crippen molar-refractivity contribution in [1.29, 1.82) is 0 Å². The molecule has 0 radical (unpaired) electrons. The second-order valence-electron chi connectivity index (χ2n) is 9.81. The van der Waals surface area contributed by atoms with E-state index in [1.807, 2.05) is 37.1 Å². The van der Waals surface area contributed by atoms with E-state index in [2.05, 4.69) is 6.08 Å². The van der Waals surface area contributed by atoms with Gasteiger partial charge in [0.05, 0.1) is 6.61 Å². The zero-order valence-corrected chi connectivity index (χ0v) is 21.5. The highest BCUT2D eigenvalue weighted by Gasteiger charge is 2.38. The molecule has 0 unspecified atom stereocenters. The highest BCUT2D eigenvalue weighted by molar-refractivity contribution is 7.89. The number of fused-ring (bicyclic) bond motifs is 1. The molecular weight excluding hydrogens is 467 g/mol. The lowest BCUT2D eigenvalue weighted by Crippen LogP contribution is -2.49. The first-order chi connectivity index (χ1) is 16.7. The van der Waals surface area contributed by atoms with Crippen LogP contribution in [0.2, 0.25) is 0 Å². The molecule has 2 aliphatic rings. The SMILES string of the molecule is C[C@@H]1CN([C@H](C)CO)S(=O)(=O)c2ccc(C3=CCCC3)cc2O[C@H]1CN(C)Cc1ccccc1F. The van der Waals surface area contributed by atoms with Crippen molar-refractivity contribution in [2.75, 3.05) is 26.7 Å². The summed E-state index contributed by atoms with van der Waals surface area (Å²) in [5.41, 5.74) is 2.78. The van der Waals surface area contributed by atoms with Gasteiger partial charge in [-0.3, -0.25) is 4.90 Å². The van der Waals surface area contributed by atoms with E-state index in [0.717, 1.165) is 24.8 Å². The number of nitrogens with zero attached hydrogens (tertiary/aromatic N) is 2. The van der Waals surface area contributed by atoms with Crippen LogP contribution in [0.15, 0.2) is 53.4 Å². The molecule has 4 rings (SSSR count). The lowest BCUT2D eigenvalue weighted by molar-refractivity contribution is 0.0731. The topological polar surface area (TPSA) is 70.1 Å². The van der Waals surface area contributed by atoms with Crippen LogP contribution in [-0.4, -0.2) is 61.6 Å². The van der Waals surface area contributed by atoms with E-state index in [4.69, 9.17) is 4.74 Å². The van der Waals surface area contributed by atoms with Gasteiger partial charge in [-0.15, -0.1) is 0 Å². The second-order valence-corrected chi connectivity index (χ2v) is 11.7. The third-order valence-corrected chi connectivity index (χ3v) is 8.99. The Bertz CT molecular complexity index is 1180. The number of aliphatic hydroxyl groups is 1. The summed E-state index contributed by atoms with van der Waals surface area (Å²) in [4.78, 5) is 2.12. The number of hydrogen-bond acceptors (Lipinski definition) is 5. The van der Waals surface area contributed by atoms with Crippen molar-refractivity contribution >= 4 is 15.6 Å². The second kappa shape index (κ2) is 10.8. The first kappa shape index (κ1) is 25.8. The minimum absolute atomic E-state index is 0.119. The Morgan fingerprint density at radius 1 is 1.26 bits per heavy atom. The molecule has 0 fully saturated rings. The number of benzene rings is 2. The van der Waals surface area contributed by atoms with Crippen LogP contribution < -0.4 is 4.74 Å². The summed E-state index contributed by atoms with van der Waals surface area (Å²) in [6, 6.07) is 11.5. The monoisotopic (exact) mass is 502 g/mol. The molecule has 1 aliphatic carbocycles. The maximum absolute atomic E-state index is 14.2. The summed E-state index contributed by atoms with van der Waals surface area (Å²) in [7, 11) is -1.96. The first-order valence-electron chi connectivity index (χ1n) is 12.3. The standard InChI is InChI=1S/C27H35FN2O4S/c1-19-15-30(20(2)18-31)35(32,33)27-13-12-22(21-8-4-5-9-21)14-25(27)34-26(19)17-29(3)16-23-10-6-7-11-24(23)28/h6-8,10-14,19-20,26,31H,4-5,9,15-18H2,1-3H3/t19-,20-,26+/m1/s1. The maximum Gasteiger partial charge on any atom is 0.247 e. The smallest absolute Gasteiger partial charge is 0.247 e. The molecule has 8 heteroatoms. The third kappa shape index (κ3) is 5.61. The summed E-state index contributed by atoms with van der Waals surface area (Å²) in [5.74, 6) is -0.0783. The van der Waals surface area contributed by atoms with Gasteiger partial charge in [-0.2, -0.15) is 4.31 Å². The fourth-order valence-electron chi connectivity index (χ4n) is 4.87. The molecular formula is C27H35FN2O4S. The molecule has 0 aromatic heterocycles. The normalized spacial score (nSPS) is 23.2. The van der Waals surface area contributed by atoms with E-state index in [1.54, 1.807) is 25.1 Å². The van der Waals surface area contributed by atoms with Crippen molar-refractivity contribution in [2.24, 2.45) is 5.92 Å². The number of rotatable bonds is 7. The summed E-state index contributed by atoms with van der Waals surface area (Å²) >= 11 is 0. The maximum atomic E-state index is 14.2. The van der Waals surface area contributed by atoms with Gasteiger partial charge >= 0.3 is 0 Å². The van der Waals surface area contributed by atoms with Gasteiger partial charge in [-0.1, -0.05) is 37.3 Å². The summed E-state index contributed by atoms with van der Waals surface area (Å²) < 4.78 is 49.3. The Balaban J connectivity index is 1.69. The summed E-state index contributed by atoms with van der Waals surface area (Å²) in [6.45, 7) is 4.52. The molecule has 0 amide bonds. The number of hydrogen-bond donors (Lipinski definition) is 1. The molecule has 190 valence electrons. The van der Waals surface area contributed by atoms with Crippen LogP contribution in [0.4, 0.5) is 4.39 Å². The lowest BCUT2D eigenvalue weighted by atomic mass is 10.0. The Hall–Kier alpha value is -2.26. The Morgan fingerprint density at radius 2 is 2.03 bits per heavy atom. The zero-order valence-electron chi connectivity index (χ0n) is 20.7. The van der Waals surface area contributed by atoms with Crippen LogP contribution >= 0.6 is 0 Å². The van der Waals surface area contributed by atoms with Crippen molar-refractivity contribution in [3.8, 4) is 5.75 Å². The third-order valence-electron chi connectivity index (χ3n) is 6.97. The van der Waals surface area contributed by atoms with Crippen molar-refractivity contribution in [3.63, 3.8) is 0 Å². The average molecular weight is 503 g/mol. The fraction of sp³-hybridized carbons (Fsp3) is 0.481. The average Bonchev–Trinajstić information content (AvgIpc) is 3.37. The zero-order chi connectivity index (χ0) is 25.2. The molecule has 3 atom stereocenters. The molecule has 1 aliphatic heterocycles. The van der Waals surface area contributed by atoms with Gasteiger partial charge in [0, 0.05) is 37.2 Å². The van der Waals surface area contributed by atoms with E-state index in [0.29, 0.717) is 24.4 Å². The van der Waals surface area contributed by atoms with Gasteiger partial charge < -0.3 is 9.84 Å². The minimum atomic E-state index is -3.87. The molecule has 0 spiro atoms. The summed E-state index contributed by atoms with van der Waals surface area (Å²) in [6.07, 6.45) is 4.94. The molecule has 0 saturated carbocycles. The highest BCUT2D eigenvalue weighted by atomic mass is 32.2. The van der Waals surface area contributed by atoms with E-state index >= 15 is 0 Å². The van der Waals surface area contributed by atoms with Crippen LogP contribution in [0.25, 0.3) is 5.57 Å². The van der Waals surface area contributed by atoms with Gasteiger partial charge in [0.15, 0.2) is 0 Å². The molecule has 1 N–H and O–H groups in total. The Kier molecular flexibility index (Phi) is 7.96. The molecule has 0 bridgehead atoms. The van der Waals surface area contributed by atoms with E-state index in [-0.39, 0.29) is 35.9 Å². The van der Waals surface area contributed by atoms with Gasteiger partial charge in [0.2, 0.25) is 10.0 Å². The predicted molar refractivity (Wildman–Crippen MR) is 135 cm³/mol. The molecule has 1 heterocycles. The van der Waals surface area contributed by atoms with Crippen molar-refractivity contribution in [1.82, 2.24) is 9.21 Å². The minimum Gasteiger partial charge on any atom is -0.487 e. The lowest BCUT2D eigenvalue weighted by Gasteiger charge is -2.37. The van der Waals surface area contributed by atoms with Gasteiger partial charge in [-0.25, -0.2) is 12.8 Å². The molecule has 35 heavy (non-hydrogen) atoms. The van der Waals surface area contributed by atoms with Crippen molar-refractivity contribution < 1.29 is 22.7 Å². The number of likely N-dealkylation sites (N-methyl/N-ethyl adjacent to an activating group) is 1. The number of sulfonamides is 1. The van der Waals surface area contributed by atoms with Crippen LogP contribution in [0.5, 0.6) is 5.75 Å². The van der Waals surface area contributed by atoms with Crippen LogP contribution in [0, 0.1) is 11.7 Å². The number of halogens is 1. The first-order valence-corrected chi connectivity index (χ1v) is 13.7. The quantitative estimate of drug-likeness (QED) is 0.612. The highest BCUT2D eigenvalue weighted by Crippen LogP contribution is 2.37. The number of allylic oxidation sites excluding steroid dienone is 2. The molecule has 2 aromatic carbocycles. The fourth-order valence-corrected chi connectivity index (χ4v) is 6.69. The van der Waals surface area contributed by atoms with E-state index in [1.165, 1.54) is 15.9 Å². The number of ether oxygens (including phenoxy) is 1. The van der Waals surface area contributed by atoms with E-state index in [9.17, 15) is 17.9 Å². The Labute approximate surface area is 208 Å². The van der Waals surface area contributed by atoms with Crippen LogP contribution in [0.3, 0.4) is 0 Å². The van der Waals surface area contributed by atoms with Gasteiger partial charge in [0.1, 0.15) is 22.6 Å². The van der Waals surface area contributed by atoms with Gasteiger partial charge in [-0.05, 0) is 62.6 Å². The predicted octanol–water partition coefficient (Wildman–Crippen LogP) is 4.29. The van der Waals surface area contributed by atoms with Crippen LogP contribution in [-0.2, 0) is 16.6 Å².